The van der Waals surface area contributed by atoms with Crippen molar-refractivity contribution in [2.75, 3.05) is 6.61 Å². The van der Waals surface area contributed by atoms with Crippen molar-refractivity contribution in [3.05, 3.63) is 29.6 Å². The van der Waals surface area contributed by atoms with E-state index in [9.17, 15) is 4.39 Å². The molecule has 1 saturated carbocycles. The van der Waals surface area contributed by atoms with E-state index in [1.54, 1.807) is 0 Å². The van der Waals surface area contributed by atoms with Crippen molar-refractivity contribution in [2.24, 2.45) is 11.8 Å². The first-order chi connectivity index (χ1) is 12.2. The van der Waals surface area contributed by atoms with Gasteiger partial charge in [-0.05, 0) is 43.2 Å². The largest absolute Gasteiger partial charge is 0.494 e. The van der Waals surface area contributed by atoms with Crippen LogP contribution in [0.2, 0.25) is 0 Å². The van der Waals surface area contributed by atoms with Crippen LogP contribution in [0.3, 0.4) is 0 Å². The van der Waals surface area contributed by atoms with Crippen LogP contribution in [0.5, 0.6) is 5.75 Å². The summed E-state index contributed by atoms with van der Waals surface area (Å²) in [6.07, 6.45) is 15.9. The highest BCUT2D eigenvalue weighted by molar-refractivity contribution is 5.29. The molecule has 0 heterocycles. The van der Waals surface area contributed by atoms with E-state index >= 15 is 0 Å². The topological polar surface area (TPSA) is 9.23 Å². The van der Waals surface area contributed by atoms with Crippen LogP contribution in [0.25, 0.3) is 0 Å². The Morgan fingerprint density at radius 1 is 0.920 bits per heavy atom. The fourth-order valence-electron chi connectivity index (χ4n) is 4.19. The van der Waals surface area contributed by atoms with E-state index in [-0.39, 0.29) is 5.82 Å². The summed E-state index contributed by atoms with van der Waals surface area (Å²) in [5.74, 6) is 2.29. The van der Waals surface area contributed by atoms with Crippen molar-refractivity contribution >= 4 is 0 Å². The predicted molar refractivity (Wildman–Crippen MR) is 105 cm³/mol. The maximum Gasteiger partial charge on any atom is 0.130 e. The van der Waals surface area contributed by atoms with Gasteiger partial charge in [0.05, 0.1) is 6.61 Å². The molecule has 1 aromatic rings. The lowest BCUT2D eigenvalue weighted by Gasteiger charge is -2.28. The smallest absolute Gasteiger partial charge is 0.130 e. The summed E-state index contributed by atoms with van der Waals surface area (Å²) in [5.41, 5.74) is 0.849. The van der Waals surface area contributed by atoms with Gasteiger partial charge in [-0.3, -0.25) is 0 Å². The highest BCUT2D eigenvalue weighted by Gasteiger charge is 2.21. The van der Waals surface area contributed by atoms with Gasteiger partial charge in [0.1, 0.15) is 11.6 Å². The van der Waals surface area contributed by atoms with Crippen molar-refractivity contribution in [3.8, 4) is 5.75 Å². The SMILES string of the molecule is CCCCCCCC1CCC(CCc2ccc(OCC)cc2F)CC1. The van der Waals surface area contributed by atoms with Gasteiger partial charge >= 0.3 is 0 Å². The van der Waals surface area contributed by atoms with Crippen LogP contribution in [0, 0.1) is 17.7 Å². The quantitative estimate of drug-likeness (QED) is 0.380. The zero-order valence-corrected chi connectivity index (χ0v) is 16.4. The second kappa shape index (κ2) is 11.5. The molecule has 0 aliphatic heterocycles. The number of benzene rings is 1. The molecule has 0 aromatic heterocycles. The minimum Gasteiger partial charge on any atom is -0.494 e. The Labute approximate surface area is 154 Å². The standard InChI is InChI=1S/C23H37FO/c1-3-5-6-7-8-9-19-10-12-20(13-11-19)14-15-21-16-17-22(25-4-2)18-23(21)24/h16-20H,3-15H2,1-2H3. The minimum absolute atomic E-state index is 0.105. The molecule has 0 saturated heterocycles. The third-order valence-corrected chi connectivity index (χ3v) is 5.84. The summed E-state index contributed by atoms with van der Waals surface area (Å²) in [4.78, 5) is 0. The summed E-state index contributed by atoms with van der Waals surface area (Å²) in [6, 6.07) is 5.34. The number of rotatable bonds is 11. The molecule has 0 radical (unpaired) electrons. The number of halogens is 1. The fraction of sp³-hybridized carbons (Fsp3) is 0.739. The van der Waals surface area contributed by atoms with E-state index in [4.69, 9.17) is 4.74 Å². The van der Waals surface area contributed by atoms with Gasteiger partial charge in [0.25, 0.3) is 0 Å². The Kier molecular flexibility index (Phi) is 9.36. The first-order valence-corrected chi connectivity index (χ1v) is 10.6. The molecule has 1 aliphatic carbocycles. The first kappa shape index (κ1) is 20.3. The monoisotopic (exact) mass is 348 g/mol. The first-order valence-electron chi connectivity index (χ1n) is 10.6. The second-order valence-corrected chi connectivity index (χ2v) is 7.81. The van der Waals surface area contributed by atoms with E-state index in [1.807, 2.05) is 19.1 Å². The minimum atomic E-state index is -0.105. The molecule has 2 rings (SSSR count). The summed E-state index contributed by atoms with van der Waals surface area (Å²) >= 11 is 0. The number of ether oxygens (including phenoxy) is 1. The van der Waals surface area contributed by atoms with Gasteiger partial charge in [-0.2, -0.15) is 0 Å². The average molecular weight is 349 g/mol. The van der Waals surface area contributed by atoms with Gasteiger partial charge in [-0.1, -0.05) is 77.2 Å². The van der Waals surface area contributed by atoms with Gasteiger partial charge in [0.15, 0.2) is 0 Å². The van der Waals surface area contributed by atoms with Crippen molar-refractivity contribution in [2.45, 2.75) is 90.9 Å². The lowest BCUT2D eigenvalue weighted by atomic mass is 9.77. The summed E-state index contributed by atoms with van der Waals surface area (Å²) < 4.78 is 19.5. The normalized spacial score (nSPS) is 20.6. The molecule has 0 atom stereocenters. The van der Waals surface area contributed by atoms with Crippen molar-refractivity contribution in [1.82, 2.24) is 0 Å². The Morgan fingerprint density at radius 2 is 1.60 bits per heavy atom. The van der Waals surface area contributed by atoms with Crippen molar-refractivity contribution < 1.29 is 9.13 Å². The van der Waals surface area contributed by atoms with Gasteiger partial charge in [-0.25, -0.2) is 4.39 Å². The third kappa shape index (κ3) is 7.38. The number of hydrogen-bond donors (Lipinski definition) is 0. The number of aryl methyl sites for hydroxylation is 1. The Bertz CT molecular complexity index is 477. The maximum absolute atomic E-state index is 14.1. The maximum atomic E-state index is 14.1. The number of hydrogen-bond acceptors (Lipinski definition) is 1. The zero-order chi connectivity index (χ0) is 17.9. The van der Waals surface area contributed by atoms with Gasteiger partial charge in [-0.15, -0.1) is 0 Å². The molecule has 0 unspecified atom stereocenters. The van der Waals surface area contributed by atoms with Gasteiger partial charge < -0.3 is 4.74 Å². The van der Waals surface area contributed by atoms with Crippen LogP contribution in [0.1, 0.15) is 90.0 Å². The van der Waals surface area contributed by atoms with Gasteiger partial charge in [0, 0.05) is 6.07 Å². The molecular weight excluding hydrogens is 311 g/mol. The van der Waals surface area contributed by atoms with Crippen LogP contribution in [-0.4, -0.2) is 6.61 Å². The van der Waals surface area contributed by atoms with Crippen LogP contribution in [0.4, 0.5) is 4.39 Å². The molecule has 0 amide bonds. The molecule has 0 spiro atoms. The molecule has 142 valence electrons. The summed E-state index contributed by atoms with van der Waals surface area (Å²) in [6.45, 7) is 4.79. The molecule has 1 fully saturated rings. The van der Waals surface area contributed by atoms with Crippen LogP contribution in [0.15, 0.2) is 18.2 Å². The van der Waals surface area contributed by atoms with Crippen LogP contribution in [-0.2, 0) is 6.42 Å². The molecule has 1 aromatic carbocycles. The van der Waals surface area contributed by atoms with E-state index in [2.05, 4.69) is 6.92 Å². The highest BCUT2D eigenvalue weighted by atomic mass is 19.1. The van der Waals surface area contributed by atoms with Gasteiger partial charge in [0.2, 0.25) is 0 Å². The van der Waals surface area contributed by atoms with Crippen molar-refractivity contribution in [1.29, 1.82) is 0 Å². The second-order valence-electron chi connectivity index (χ2n) is 7.81. The van der Waals surface area contributed by atoms with E-state index in [0.717, 1.165) is 30.2 Å². The predicted octanol–water partition coefficient (Wildman–Crippen LogP) is 7.32. The number of unbranched alkanes of at least 4 members (excludes halogenated alkanes) is 4. The molecule has 1 aliphatic rings. The summed E-state index contributed by atoms with van der Waals surface area (Å²) in [7, 11) is 0. The van der Waals surface area contributed by atoms with Crippen LogP contribution < -0.4 is 4.74 Å². The molecule has 0 N–H and O–H groups in total. The van der Waals surface area contributed by atoms with E-state index in [0.29, 0.717) is 12.4 Å². The highest BCUT2D eigenvalue weighted by Crippen LogP contribution is 2.34. The molecule has 2 heteroatoms. The molecular formula is C23H37FO. The Morgan fingerprint density at radius 3 is 2.24 bits per heavy atom. The molecule has 25 heavy (non-hydrogen) atoms. The summed E-state index contributed by atoms with van der Waals surface area (Å²) in [5, 5.41) is 0. The zero-order valence-electron chi connectivity index (χ0n) is 16.4. The molecule has 0 bridgehead atoms. The van der Waals surface area contributed by atoms with E-state index < -0.39 is 0 Å². The average Bonchev–Trinajstić information content (AvgIpc) is 2.62. The molecule has 1 nitrogen and oxygen atoms in total. The van der Waals surface area contributed by atoms with E-state index in [1.165, 1.54) is 70.3 Å². The lowest BCUT2D eigenvalue weighted by molar-refractivity contribution is 0.248. The lowest BCUT2D eigenvalue weighted by Crippen LogP contribution is -2.15. The van der Waals surface area contributed by atoms with Crippen LogP contribution >= 0.6 is 0 Å². The Hall–Kier alpha value is -1.05. The third-order valence-electron chi connectivity index (χ3n) is 5.84. The van der Waals surface area contributed by atoms with Crippen molar-refractivity contribution in [3.63, 3.8) is 0 Å². The fourth-order valence-corrected chi connectivity index (χ4v) is 4.19. The Balaban J connectivity index is 1.63.